The van der Waals surface area contributed by atoms with Crippen LogP contribution in [0.1, 0.15) is 36.6 Å². The van der Waals surface area contributed by atoms with Gasteiger partial charge in [-0.25, -0.2) is 4.39 Å². The number of nitrogens with one attached hydrogen (secondary N) is 1. The van der Waals surface area contributed by atoms with Crippen molar-refractivity contribution < 1.29 is 4.39 Å². The highest BCUT2D eigenvalue weighted by molar-refractivity contribution is 5.27. The van der Waals surface area contributed by atoms with Gasteiger partial charge in [-0.15, -0.1) is 0 Å². The lowest BCUT2D eigenvalue weighted by Gasteiger charge is -2.18. The largest absolute Gasteiger partial charge is 0.310 e. The van der Waals surface area contributed by atoms with Crippen molar-refractivity contribution in [1.82, 2.24) is 15.1 Å². The van der Waals surface area contributed by atoms with E-state index in [0.717, 1.165) is 30.6 Å². The summed E-state index contributed by atoms with van der Waals surface area (Å²) in [6.45, 7) is 7.76. The number of benzene rings is 1. The second kappa shape index (κ2) is 6.66. The predicted molar refractivity (Wildman–Crippen MR) is 79.2 cm³/mol. The van der Waals surface area contributed by atoms with E-state index in [4.69, 9.17) is 0 Å². The number of rotatable bonds is 6. The molecular formula is C16H22FN3. The molecule has 1 aromatic carbocycles. The van der Waals surface area contributed by atoms with Crippen LogP contribution in [-0.4, -0.2) is 16.3 Å². The van der Waals surface area contributed by atoms with Gasteiger partial charge in [-0.3, -0.25) is 4.68 Å². The summed E-state index contributed by atoms with van der Waals surface area (Å²) < 4.78 is 15.5. The molecule has 4 heteroatoms. The Kier molecular flexibility index (Phi) is 4.90. The Morgan fingerprint density at radius 1 is 1.30 bits per heavy atom. The topological polar surface area (TPSA) is 29.9 Å². The van der Waals surface area contributed by atoms with Crippen molar-refractivity contribution in [2.45, 2.75) is 39.8 Å². The van der Waals surface area contributed by atoms with E-state index in [1.165, 1.54) is 5.56 Å². The first-order valence-electron chi connectivity index (χ1n) is 7.14. The third kappa shape index (κ3) is 3.67. The highest BCUT2D eigenvalue weighted by atomic mass is 19.1. The summed E-state index contributed by atoms with van der Waals surface area (Å²) in [6, 6.07) is 5.33. The van der Waals surface area contributed by atoms with Gasteiger partial charge < -0.3 is 5.32 Å². The number of likely N-dealkylation sites (N-methyl/N-ethyl adjacent to an activating group) is 1. The summed E-state index contributed by atoms with van der Waals surface area (Å²) >= 11 is 0. The molecule has 0 aliphatic heterocycles. The van der Waals surface area contributed by atoms with E-state index in [2.05, 4.69) is 30.5 Å². The van der Waals surface area contributed by atoms with E-state index in [-0.39, 0.29) is 11.9 Å². The number of halogens is 1. The van der Waals surface area contributed by atoms with E-state index in [1.54, 1.807) is 12.1 Å². The number of aryl methyl sites for hydroxylation is 2. The first kappa shape index (κ1) is 14.7. The minimum Gasteiger partial charge on any atom is -0.310 e. The Labute approximate surface area is 119 Å². The smallest absolute Gasteiger partial charge is 0.123 e. The number of hydrogen-bond donors (Lipinski definition) is 1. The quantitative estimate of drug-likeness (QED) is 0.877. The molecule has 2 aromatic rings. The third-order valence-electron chi connectivity index (χ3n) is 3.37. The van der Waals surface area contributed by atoms with Crippen molar-refractivity contribution >= 4 is 0 Å². The summed E-state index contributed by atoms with van der Waals surface area (Å²) in [4.78, 5) is 0. The Bertz CT molecular complexity index is 542. The van der Waals surface area contributed by atoms with Gasteiger partial charge in [0.05, 0.1) is 6.20 Å². The van der Waals surface area contributed by atoms with E-state index < -0.39 is 0 Å². The second-order valence-electron chi connectivity index (χ2n) is 5.08. The Morgan fingerprint density at radius 2 is 2.10 bits per heavy atom. The molecule has 1 N–H and O–H groups in total. The molecule has 1 unspecified atom stereocenters. The molecule has 0 amide bonds. The van der Waals surface area contributed by atoms with Gasteiger partial charge in [0.2, 0.25) is 0 Å². The molecule has 0 saturated carbocycles. The van der Waals surface area contributed by atoms with Gasteiger partial charge in [-0.05, 0) is 55.6 Å². The monoisotopic (exact) mass is 275 g/mol. The number of nitrogens with zero attached hydrogens (tertiary/aromatic N) is 2. The fraction of sp³-hybridized carbons (Fsp3) is 0.438. The van der Waals surface area contributed by atoms with Gasteiger partial charge >= 0.3 is 0 Å². The SMILES string of the molecule is CCNC(Cc1cnn(CC)c1)c1cc(C)cc(F)c1. The summed E-state index contributed by atoms with van der Waals surface area (Å²) in [5.74, 6) is -0.174. The molecule has 1 atom stereocenters. The molecule has 20 heavy (non-hydrogen) atoms. The lowest BCUT2D eigenvalue weighted by atomic mass is 9.99. The molecule has 0 saturated heterocycles. The van der Waals surface area contributed by atoms with E-state index in [1.807, 2.05) is 23.9 Å². The van der Waals surface area contributed by atoms with Crippen LogP contribution in [0.3, 0.4) is 0 Å². The van der Waals surface area contributed by atoms with Crippen molar-refractivity contribution in [3.05, 3.63) is 53.1 Å². The van der Waals surface area contributed by atoms with Crippen molar-refractivity contribution in [1.29, 1.82) is 0 Å². The maximum atomic E-state index is 13.6. The molecule has 108 valence electrons. The standard InChI is InChI=1S/C16H22FN3/c1-4-18-16(8-13-10-19-20(5-2)11-13)14-6-12(3)7-15(17)9-14/h6-7,9-11,16,18H,4-5,8H2,1-3H3. The second-order valence-corrected chi connectivity index (χ2v) is 5.08. The van der Waals surface area contributed by atoms with Gasteiger partial charge in [-0.1, -0.05) is 13.0 Å². The molecule has 2 rings (SSSR count). The average Bonchev–Trinajstić information content (AvgIpc) is 2.85. The summed E-state index contributed by atoms with van der Waals surface area (Å²) in [5.41, 5.74) is 3.11. The first-order valence-corrected chi connectivity index (χ1v) is 7.14. The summed E-state index contributed by atoms with van der Waals surface area (Å²) in [7, 11) is 0. The highest BCUT2D eigenvalue weighted by Gasteiger charge is 2.13. The van der Waals surface area contributed by atoms with E-state index in [9.17, 15) is 4.39 Å². The van der Waals surface area contributed by atoms with Crippen LogP contribution in [0.15, 0.2) is 30.6 Å². The first-order chi connectivity index (χ1) is 9.62. The number of aromatic nitrogens is 2. The van der Waals surface area contributed by atoms with Gasteiger partial charge in [-0.2, -0.15) is 5.10 Å². The van der Waals surface area contributed by atoms with E-state index >= 15 is 0 Å². The zero-order valence-electron chi connectivity index (χ0n) is 12.4. The summed E-state index contributed by atoms with van der Waals surface area (Å²) in [6.07, 6.45) is 4.76. The van der Waals surface area contributed by atoms with Crippen molar-refractivity contribution in [2.75, 3.05) is 6.54 Å². The normalized spacial score (nSPS) is 12.6. The Morgan fingerprint density at radius 3 is 2.70 bits per heavy atom. The molecule has 0 radical (unpaired) electrons. The van der Waals surface area contributed by atoms with Gasteiger partial charge in [0.25, 0.3) is 0 Å². The van der Waals surface area contributed by atoms with Crippen LogP contribution in [0.25, 0.3) is 0 Å². The molecule has 3 nitrogen and oxygen atoms in total. The molecule has 0 aliphatic rings. The van der Waals surface area contributed by atoms with Gasteiger partial charge in [0.1, 0.15) is 5.82 Å². The van der Waals surface area contributed by atoms with Crippen molar-refractivity contribution in [2.24, 2.45) is 0 Å². The van der Waals surface area contributed by atoms with Crippen LogP contribution < -0.4 is 5.32 Å². The van der Waals surface area contributed by atoms with Crippen molar-refractivity contribution in [3.63, 3.8) is 0 Å². The fourth-order valence-corrected chi connectivity index (χ4v) is 2.44. The zero-order valence-corrected chi connectivity index (χ0v) is 12.4. The minimum atomic E-state index is -0.174. The summed E-state index contributed by atoms with van der Waals surface area (Å²) in [5, 5.41) is 7.72. The maximum absolute atomic E-state index is 13.6. The zero-order chi connectivity index (χ0) is 14.5. The number of hydrogen-bond acceptors (Lipinski definition) is 2. The van der Waals surface area contributed by atoms with E-state index in [0.29, 0.717) is 0 Å². The fourth-order valence-electron chi connectivity index (χ4n) is 2.44. The maximum Gasteiger partial charge on any atom is 0.123 e. The van der Waals surface area contributed by atoms with Crippen molar-refractivity contribution in [3.8, 4) is 0 Å². The molecular weight excluding hydrogens is 253 g/mol. The molecule has 0 bridgehead atoms. The average molecular weight is 275 g/mol. The minimum absolute atomic E-state index is 0.115. The van der Waals surface area contributed by atoms with Crippen LogP contribution >= 0.6 is 0 Å². The van der Waals surface area contributed by atoms with Crippen LogP contribution in [0, 0.1) is 12.7 Å². The predicted octanol–water partition coefficient (Wildman–Crippen LogP) is 3.24. The van der Waals surface area contributed by atoms with Gasteiger partial charge in [0.15, 0.2) is 0 Å². The lowest BCUT2D eigenvalue weighted by Crippen LogP contribution is -2.23. The molecule has 1 aromatic heterocycles. The Balaban J connectivity index is 2.21. The van der Waals surface area contributed by atoms with Gasteiger partial charge in [0, 0.05) is 18.8 Å². The highest BCUT2D eigenvalue weighted by Crippen LogP contribution is 2.20. The molecule has 1 heterocycles. The van der Waals surface area contributed by atoms with Crippen LogP contribution in [0.2, 0.25) is 0 Å². The van der Waals surface area contributed by atoms with Crippen LogP contribution in [0.5, 0.6) is 0 Å². The lowest BCUT2D eigenvalue weighted by molar-refractivity contribution is 0.541. The van der Waals surface area contributed by atoms with Crippen LogP contribution in [-0.2, 0) is 13.0 Å². The molecule has 0 fully saturated rings. The van der Waals surface area contributed by atoms with Crippen LogP contribution in [0.4, 0.5) is 4.39 Å². The molecule has 0 spiro atoms. The molecule has 0 aliphatic carbocycles. The third-order valence-corrected chi connectivity index (χ3v) is 3.37. The Hall–Kier alpha value is -1.68.